The molecule has 1 aliphatic heterocycles. The number of fused-ring (bicyclic) bond motifs is 2. The highest BCUT2D eigenvalue weighted by molar-refractivity contribution is 8.08. The fraction of sp³-hybridized carbons (Fsp3) is 0.125. The van der Waals surface area contributed by atoms with Crippen LogP contribution in [0.2, 0.25) is 0 Å². The minimum atomic E-state index is -0.399. The lowest BCUT2D eigenvalue weighted by atomic mass is 10.1. The number of halogens is 1. The molecule has 0 atom stereocenters. The summed E-state index contributed by atoms with van der Waals surface area (Å²) in [4.78, 5) is 17.0. The first kappa shape index (κ1) is 20.6. The van der Waals surface area contributed by atoms with Crippen LogP contribution in [-0.4, -0.2) is 30.3 Å². The van der Waals surface area contributed by atoms with Crippen LogP contribution in [0.3, 0.4) is 0 Å². The minimum absolute atomic E-state index is 0.254. The number of para-hydroxylation sites is 1. The molecule has 1 amide bonds. The third kappa shape index (κ3) is 4.89. The lowest BCUT2D eigenvalue weighted by Gasteiger charge is -2.17. The van der Waals surface area contributed by atoms with Gasteiger partial charge in [0.15, 0.2) is 0 Å². The van der Waals surface area contributed by atoms with Crippen LogP contribution in [0.15, 0.2) is 82.6 Å². The molecule has 0 spiro atoms. The number of hydrogen-bond donors (Lipinski definition) is 0. The van der Waals surface area contributed by atoms with Gasteiger partial charge < -0.3 is 9.64 Å². The number of hydrogen-bond acceptors (Lipinski definition) is 4. The molecule has 30 heavy (non-hydrogen) atoms. The zero-order valence-electron chi connectivity index (χ0n) is 16.4. The van der Waals surface area contributed by atoms with Gasteiger partial charge in [-0.3, -0.25) is 0 Å². The lowest BCUT2D eigenvalue weighted by Crippen LogP contribution is -2.31. The van der Waals surface area contributed by atoms with E-state index in [1.165, 1.54) is 6.07 Å². The molecule has 3 nitrogen and oxygen atoms in total. The number of nitrogens with zero attached hydrogens (tertiary/aromatic N) is 1. The van der Waals surface area contributed by atoms with Crippen LogP contribution in [0.25, 0.3) is 11.0 Å². The van der Waals surface area contributed by atoms with E-state index in [-0.39, 0.29) is 5.82 Å². The van der Waals surface area contributed by atoms with Crippen molar-refractivity contribution in [2.75, 3.05) is 19.3 Å². The third-order valence-corrected chi connectivity index (χ3v) is 6.78. The highest BCUT2D eigenvalue weighted by Crippen LogP contribution is 2.44. The molecule has 0 radical (unpaired) electrons. The van der Waals surface area contributed by atoms with E-state index in [2.05, 4.69) is 18.2 Å². The smallest absolute Gasteiger partial charge is 0.410 e. The quantitative estimate of drug-likeness (QED) is 0.447. The number of amides is 1. The second kappa shape index (κ2) is 9.41. The molecule has 0 aliphatic carbocycles. The second-order valence-electron chi connectivity index (χ2n) is 6.74. The highest BCUT2D eigenvalue weighted by atomic mass is 32.2. The molecular weight excluding hydrogens is 417 g/mol. The Kier molecular flexibility index (Phi) is 6.45. The summed E-state index contributed by atoms with van der Waals surface area (Å²) in [5, 5.41) is 0. The first-order valence-corrected chi connectivity index (χ1v) is 11.3. The maximum Gasteiger partial charge on any atom is 0.414 e. The monoisotopic (exact) mass is 437 g/mol. The Morgan fingerprint density at radius 1 is 1.03 bits per heavy atom. The van der Waals surface area contributed by atoms with Gasteiger partial charge in [-0.2, -0.15) is 0 Å². The predicted octanol–water partition coefficient (Wildman–Crippen LogP) is 6.65. The van der Waals surface area contributed by atoms with Crippen molar-refractivity contribution < 1.29 is 13.9 Å². The van der Waals surface area contributed by atoms with Gasteiger partial charge in [0.1, 0.15) is 11.6 Å². The van der Waals surface area contributed by atoms with Gasteiger partial charge in [0, 0.05) is 39.6 Å². The fourth-order valence-corrected chi connectivity index (χ4v) is 5.21. The van der Waals surface area contributed by atoms with Crippen molar-refractivity contribution in [3.8, 4) is 5.75 Å². The summed E-state index contributed by atoms with van der Waals surface area (Å²) < 4.78 is 19.3. The van der Waals surface area contributed by atoms with Gasteiger partial charge in [0.2, 0.25) is 0 Å². The van der Waals surface area contributed by atoms with Crippen molar-refractivity contribution in [1.82, 2.24) is 4.90 Å². The number of thioether (sulfide) groups is 1. The zero-order chi connectivity index (χ0) is 20.9. The maximum absolute atomic E-state index is 14.0. The molecule has 4 rings (SSSR count). The summed E-state index contributed by atoms with van der Waals surface area (Å²) in [6, 6.07) is 22.1. The summed E-state index contributed by atoms with van der Waals surface area (Å²) in [5.74, 6) is 0.927. The number of carbonyl (C=O) groups is 1. The fourth-order valence-electron chi connectivity index (χ4n) is 2.98. The molecule has 3 aromatic carbocycles. The van der Waals surface area contributed by atoms with Crippen LogP contribution in [0.4, 0.5) is 9.18 Å². The molecule has 0 fully saturated rings. The summed E-state index contributed by atoms with van der Waals surface area (Å²) in [6.07, 6.45) is 1.70. The maximum atomic E-state index is 14.0. The van der Waals surface area contributed by atoms with Gasteiger partial charge in [-0.15, -0.1) is 11.8 Å². The van der Waals surface area contributed by atoms with Crippen molar-refractivity contribution >= 4 is 40.6 Å². The number of carbonyl (C=O) groups excluding carboxylic acids is 1. The van der Waals surface area contributed by atoms with Gasteiger partial charge in [-0.05, 0) is 48.0 Å². The highest BCUT2D eigenvalue weighted by Gasteiger charge is 2.18. The molecule has 1 heterocycles. The van der Waals surface area contributed by atoms with Crippen LogP contribution in [0, 0.1) is 5.82 Å². The van der Waals surface area contributed by atoms with Crippen molar-refractivity contribution in [2.24, 2.45) is 0 Å². The zero-order valence-corrected chi connectivity index (χ0v) is 18.0. The number of ether oxygens (including phenoxy) is 1. The van der Waals surface area contributed by atoms with E-state index in [1.54, 1.807) is 53.7 Å². The van der Waals surface area contributed by atoms with Gasteiger partial charge in [0.05, 0.1) is 0 Å². The predicted molar refractivity (Wildman–Crippen MR) is 122 cm³/mol. The largest absolute Gasteiger partial charge is 0.414 e. The Morgan fingerprint density at radius 2 is 1.80 bits per heavy atom. The van der Waals surface area contributed by atoms with E-state index >= 15 is 0 Å². The number of benzene rings is 3. The van der Waals surface area contributed by atoms with Crippen LogP contribution in [-0.2, 0) is 0 Å². The Bertz CT molecular complexity index is 1090. The SMILES string of the molecule is CN(CCSC1=Cc2ccccc2Sc2ccc(F)cc21)C(=O)Oc1ccccc1. The molecule has 6 heteroatoms. The van der Waals surface area contributed by atoms with Crippen LogP contribution < -0.4 is 4.74 Å². The van der Waals surface area contributed by atoms with Crippen molar-refractivity contribution in [3.05, 3.63) is 89.7 Å². The summed E-state index contributed by atoms with van der Waals surface area (Å²) in [7, 11) is 1.71. The summed E-state index contributed by atoms with van der Waals surface area (Å²) in [6.45, 7) is 0.507. The van der Waals surface area contributed by atoms with E-state index in [0.717, 1.165) is 25.8 Å². The summed E-state index contributed by atoms with van der Waals surface area (Å²) in [5.41, 5.74) is 1.99. The van der Waals surface area contributed by atoms with Crippen LogP contribution in [0.1, 0.15) is 11.1 Å². The Morgan fingerprint density at radius 3 is 2.63 bits per heavy atom. The van der Waals surface area contributed by atoms with Gasteiger partial charge in [-0.1, -0.05) is 48.2 Å². The summed E-state index contributed by atoms with van der Waals surface area (Å²) >= 11 is 3.25. The van der Waals surface area contributed by atoms with Crippen molar-refractivity contribution in [2.45, 2.75) is 9.79 Å². The normalized spacial score (nSPS) is 12.3. The van der Waals surface area contributed by atoms with Crippen LogP contribution >= 0.6 is 23.5 Å². The topological polar surface area (TPSA) is 29.5 Å². The Balaban J connectivity index is 1.46. The molecule has 0 bridgehead atoms. The van der Waals surface area contributed by atoms with E-state index in [1.807, 2.05) is 36.4 Å². The molecule has 0 saturated carbocycles. The molecule has 3 aromatic rings. The van der Waals surface area contributed by atoms with E-state index < -0.39 is 6.09 Å². The molecule has 0 unspecified atom stereocenters. The minimum Gasteiger partial charge on any atom is -0.410 e. The average molecular weight is 438 g/mol. The number of rotatable bonds is 5. The molecule has 1 aliphatic rings. The average Bonchev–Trinajstić information content (AvgIpc) is 2.91. The van der Waals surface area contributed by atoms with Crippen molar-refractivity contribution in [1.29, 1.82) is 0 Å². The molecular formula is C24H20FNO2S2. The first-order valence-electron chi connectivity index (χ1n) is 9.49. The van der Waals surface area contributed by atoms with E-state index in [9.17, 15) is 9.18 Å². The van der Waals surface area contributed by atoms with Crippen molar-refractivity contribution in [3.63, 3.8) is 0 Å². The molecule has 152 valence electrons. The Labute approximate surface area is 183 Å². The van der Waals surface area contributed by atoms with E-state index in [0.29, 0.717) is 18.0 Å². The molecule has 0 N–H and O–H groups in total. The van der Waals surface area contributed by atoms with E-state index in [4.69, 9.17) is 4.74 Å². The second-order valence-corrected chi connectivity index (χ2v) is 8.96. The van der Waals surface area contributed by atoms with Gasteiger partial charge >= 0.3 is 6.09 Å². The molecule has 0 saturated heterocycles. The van der Waals surface area contributed by atoms with Gasteiger partial charge in [-0.25, -0.2) is 9.18 Å². The third-order valence-electron chi connectivity index (χ3n) is 4.58. The molecule has 0 aromatic heterocycles. The lowest BCUT2D eigenvalue weighted by molar-refractivity contribution is 0.165. The Hall–Kier alpha value is -2.70. The standard InChI is InChI=1S/C24H20FNO2S2/c1-26(24(27)28-19-8-3-2-4-9-19)13-14-29-23-15-17-7-5-6-10-21(17)30-22-12-11-18(25)16-20(22)23/h2-12,15-16H,13-14H2,1H3. The van der Waals surface area contributed by atoms with Gasteiger partial charge in [0.25, 0.3) is 0 Å². The first-order chi connectivity index (χ1) is 14.6. The van der Waals surface area contributed by atoms with Crippen LogP contribution in [0.5, 0.6) is 5.75 Å².